The Labute approximate surface area is 376 Å². The quantitative estimate of drug-likeness (QED) is 0.0675. The number of benzene rings is 1. The van der Waals surface area contributed by atoms with E-state index in [2.05, 4.69) is 79.4 Å². The summed E-state index contributed by atoms with van der Waals surface area (Å²) >= 11 is 0. The van der Waals surface area contributed by atoms with E-state index in [-0.39, 0.29) is 25.4 Å². The van der Waals surface area contributed by atoms with E-state index in [0.29, 0.717) is 6.42 Å². The molecule has 9 heteroatoms. The summed E-state index contributed by atoms with van der Waals surface area (Å²) in [7, 11) is 0. The first-order chi connectivity index (χ1) is 29.6. The number of amides is 1. The molecule has 0 aliphatic heterocycles. The minimum atomic E-state index is 0. The van der Waals surface area contributed by atoms with Crippen LogP contribution < -0.4 is 5.32 Å². The Bertz CT molecular complexity index is 2060. The van der Waals surface area contributed by atoms with Gasteiger partial charge in [0, 0.05) is 49.3 Å². The van der Waals surface area contributed by atoms with Crippen molar-refractivity contribution in [2.75, 3.05) is 5.32 Å². The molecule has 0 aliphatic rings. The van der Waals surface area contributed by atoms with E-state index in [9.17, 15) is 4.79 Å². The molecule has 6 aromatic heterocycles. The molecule has 7 aromatic rings. The number of rotatable bonds is 18. The van der Waals surface area contributed by atoms with Crippen LogP contribution in [-0.2, 0) is 37.1 Å². The molecule has 6 heterocycles. The van der Waals surface area contributed by atoms with E-state index in [1.54, 1.807) is 24.8 Å². The van der Waals surface area contributed by atoms with Crippen LogP contribution in [0.4, 0.5) is 5.69 Å². The molecule has 0 saturated carbocycles. The topological polar surface area (TPSA) is 106 Å². The van der Waals surface area contributed by atoms with Crippen LogP contribution in [-0.4, -0.2) is 35.8 Å². The van der Waals surface area contributed by atoms with E-state index in [0.717, 1.165) is 65.5 Å². The number of unbranched alkanes of at least 4 members (excludes halogenated alkanes) is 9. The average Bonchev–Trinajstić information content (AvgIpc) is 3.31. The van der Waals surface area contributed by atoms with Crippen LogP contribution in [0.15, 0.2) is 159 Å². The smallest absolute Gasteiger partial charge is 0.326 e. The number of carbonyl (C=O) groups is 1. The van der Waals surface area contributed by atoms with Gasteiger partial charge in [0.2, 0.25) is 5.91 Å². The third-order valence-electron chi connectivity index (χ3n) is 9.95. The van der Waals surface area contributed by atoms with Gasteiger partial charge in [-0.2, -0.15) is 0 Å². The van der Waals surface area contributed by atoms with Gasteiger partial charge in [-0.1, -0.05) is 94.7 Å². The Morgan fingerprint density at radius 3 is 1.31 bits per heavy atom. The van der Waals surface area contributed by atoms with Crippen LogP contribution in [0.3, 0.4) is 0 Å². The maximum absolute atomic E-state index is 12.1. The largest absolute Gasteiger partial charge is 2.00 e. The number of anilines is 1. The monoisotopic (exact) mass is 899 g/mol. The number of hydrogen-bond donors (Lipinski definition) is 1. The van der Waals surface area contributed by atoms with Crippen LogP contribution in [0.2, 0.25) is 0 Å². The predicted octanol–water partition coefficient (Wildman–Crippen LogP) is 12.8. The van der Waals surface area contributed by atoms with Gasteiger partial charge in [0.05, 0.1) is 34.2 Å². The molecule has 1 amide bonds. The average molecular weight is 899 g/mol. The van der Waals surface area contributed by atoms with Crippen molar-refractivity contribution in [3.8, 4) is 34.2 Å². The van der Waals surface area contributed by atoms with Gasteiger partial charge in [-0.25, -0.2) is 0 Å². The van der Waals surface area contributed by atoms with Crippen molar-refractivity contribution in [2.45, 2.75) is 97.3 Å². The Morgan fingerprint density at radius 2 is 0.869 bits per heavy atom. The molecular formula is C52H59N7ORu+2. The van der Waals surface area contributed by atoms with Crippen molar-refractivity contribution < 1.29 is 24.3 Å². The summed E-state index contributed by atoms with van der Waals surface area (Å²) < 4.78 is 0. The fourth-order valence-electron chi connectivity index (χ4n) is 6.58. The molecule has 1 aromatic carbocycles. The van der Waals surface area contributed by atoms with E-state index >= 15 is 0 Å². The van der Waals surface area contributed by atoms with Crippen LogP contribution in [0.5, 0.6) is 0 Å². The summed E-state index contributed by atoms with van der Waals surface area (Å²) in [5.74, 6) is 0.133. The number of carbonyl (C=O) groups excluding carboxylic acids is 1. The molecule has 1 N–H and O–H groups in total. The van der Waals surface area contributed by atoms with E-state index in [1.807, 2.05) is 103 Å². The fourth-order valence-corrected chi connectivity index (χ4v) is 6.58. The number of hydrogen-bond acceptors (Lipinski definition) is 7. The van der Waals surface area contributed by atoms with Gasteiger partial charge in [0.25, 0.3) is 0 Å². The predicted molar refractivity (Wildman–Crippen MR) is 246 cm³/mol. The summed E-state index contributed by atoms with van der Waals surface area (Å²) in [5, 5.41) is 3.01. The Balaban J connectivity index is 0.000000262. The van der Waals surface area contributed by atoms with Gasteiger partial charge in [0.15, 0.2) is 0 Å². The number of aryl methyl sites for hydroxylation is 3. The first-order valence-corrected chi connectivity index (χ1v) is 21.5. The first kappa shape index (κ1) is 47.9. The van der Waals surface area contributed by atoms with Crippen LogP contribution in [0, 0.1) is 6.92 Å². The number of aromatic nitrogens is 6. The fraction of sp³-hybridized carbons (Fsp3) is 0.288. The van der Waals surface area contributed by atoms with Gasteiger partial charge in [-0.15, -0.1) is 0 Å². The Hall–Kier alpha value is -5.79. The normalized spacial score (nSPS) is 10.3. The third kappa shape index (κ3) is 18.6. The number of nitrogens with zero attached hydrogens (tertiary/aromatic N) is 6. The summed E-state index contributed by atoms with van der Waals surface area (Å²) in [6.45, 7) is 4.23. The van der Waals surface area contributed by atoms with Crippen molar-refractivity contribution >= 4 is 11.6 Å². The molecule has 0 atom stereocenters. The SMILES string of the molecule is CCc1ccc(NC(=O)CCCCCCCCCCCCc2ccnc(-c3cc(C)ccn3)c2)cc1.[Ru+2].c1ccc(-c2ccccn2)nc1.c1ccc(-c2ccccn2)nc1. The van der Waals surface area contributed by atoms with Crippen molar-refractivity contribution in [3.05, 3.63) is 175 Å². The van der Waals surface area contributed by atoms with Crippen LogP contribution >= 0.6 is 0 Å². The van der Waals surface area contributed by atoms with Crippen molar-refractivity contribution in [1.29, 1.82) is 0 Å². The molecule has 0 fully saturated rings. The maximum atomic E-state index is 12.1. The molecule has 61 heavy (non-hydrogen) atoms. The van der Waals surface area contributed by atoms with Crippen molar-refractivity contribution in [3.63, 3.8) is 0 Å². The molecule has 7 rings (SSSR count). The van der Waals surface area contributed by atoms with Crippen molar-refractivity contribution in [2.24, 2.45) is 0 Å². The van der Waals surface area contributed by atoms with Gasteiger partial charge in [0.1, 0.15) is 0 Å². The second kappa shape index (κ2) is 28.6. The molecular weight excluding hydrogens is 840 g/mol. The molecule has 0 unspecified atom stereocenters. The second-order valence-corrected chi connectivity index (χ2v) is 14.8. The van der Waals surface area contributed by atoms with Gasteiger partial charge < -0.3 is 5.32 Å². The molecule has 314 valence electrons. The summed E-state index contributed by atoms with van der Waals surface area (Å²) in [6, 6.07) is 39.8. The van der Waals surface area contributed by atoms with Gasteiger partial charge in [-0.3, -0.25) is 34.7 Å². The molecule has 0 radical (unpaired) electrons. The number of nitrogens with one attached hydrogen (secondary N) is 1. The molecule has 0 aliphatic carbocycles. The summed E-state index contributed by atoms with van der Waals surface area (Å²) in [6.07, 6.45) is 26.0. The van der Waals surface area contributed by atoms with Crippen molar-refractivity contribution in [1.82, 2.24) is 29.9 Å². The standard InChI is InChI=1S/C32H43N3O.2C10H8N2.Ru/c1-3-27-16-18-29(19-17-27)35-32(36)15-13-11-9-7-5-4-6-8-10-12-14-28-21-23-34-31(25-28)30-24-26(2)20-22-33-30;2*1-3-7-11-9(5-1)10-6-2-4-8-12-10;/h16-25H,3-15H2,1-2H3,(H,35,36);2*1-8H;/q;;;+2. The van der Waals surface area contributed by atoms with Gasteiger partial charge >= 0.3 is 19.5 Å². The molecule has 8 nitrogen and oxygen atoms in total. The zero-order valence-corrected chi connectivity index (χ0v) is 37.4. The zero-order chi connectivity index (χ0) is 41.9. The minimum Gasteiger partial charge on any atom is -0.326 e. The molecule has 0 saturated heterocycles. The zero-order valence-electron chi connectivity index (χ0n) is 35.6. The van der Waals surface area contributed by atoms with E-state index < -0.39 is 0 Å². The summed E-state index contributed by atoms with van der Waals surface area (Å²) in [4.78, 5) is 37.8. The molecule has 0 bridgehead atoms. The second-order valence-electron chi connectivity index (χ2n) is 14.8. The first-order valence-electron chi connectivity index (χ1n) is 21.5. The third-order valence-corrected chi connectivity index (χ3v) is 9.95. The maximum Gasteiger partial charge on any atom is 2.00 e. The van der Waals surface area contributed by atoms with Gasteiger partial charge in [-0.05, 0) is 134 Å². The van der Waals surface area contributed by atoms with E-state index in [4.69, 9.17) is 0 Å². The Morgan fingerprint density at radius 1 is 0.443 bits per heavy atom. The van der Waals surface area contributed by atoms with E-state index in [1.165, 1.54) is 68.1 Å². The summed E-state index contributed by atoms with van der Waals surface area (Å²) in [5.41, 5.74) is 10.4. The number of pyridine rings is 6. The Kier molecular flexibility index (Phi) is 22.5. The van der Waals surface area contributed by atoms with Crippen LogP contribution in [0.1, 0.15) is 94.2 Å². The van der Waals surface area contributed by atoms with Crippen LogP contribution in [0.25, 0.3) is 34.2 Å². The molecule has 0 spiro atoms. The minimum absolute atomic E-state index is 0.